The molecule has 2 rings (SSSR count). The molecule has 18 heavy (non-hydrogen) atoms. The third-order valence-electron chi connectivity index (χ3n) is 2.91. The molecular weight excluding hydrogens is 226 g/mol. The van der Waals surface area contributed by atoms with Crippen LogP contribution in [0.4, 0.5) is 0 Å². The molecule has 0 aliphatic rings. The molecule has 0 atom stereocenters. The fourth-order valence-electron chi connectivity index (χ4n) is 1.85. The number of pyridine rings is 1. The van der Waals surface area contributed by atoms with E-state index in [0.29, 0.717) is 12.0 Å². The molecule has 1 heterocycles. The van der Waals surface area contributed by atoms with Crippen molar-refractivity contribution in [3.05, 3.63) is 65.0 Å². The molecule has 0 saturated carbocycles. The van der Waals surface area contributed by atoms with Gasteiger partial charge in [0.1, 0.15) is 0 Å². The molecule has 0 bridgehead atoms. The SMILES string of the molecule is CCc1ccc(Cc2ccccc2C(=O)O)nc1. The van der Waals surface area contributed by atoms with Crippen molar-refractivity contribution < 1.29 is 9.90 Å². The summed E-state index contributed by atoms with van der Waals surface area (Å²) in [7, 11) is 0. The number of hydrogen-bond acceptors (Lipinski definition) is 2. The molecule has 2 aromatic rings. The van der Waals surface area contributed by atoms with E-state index in [2.05, 4.69) is 11.9 Å². The van der Waals surface area contributed by atoms with E-state index in [1.165, 1.54) is 5.56 Å². The summed E-state index contributed by atoms with van der Waals surface area (Å²) in [6, 6.07) is 11.0. The number of aromatic nitrogens is 1. The van der Waals surface area contributed by atoms with E-state index in [-0.39, 0.29) is 0 Å². The second-order valence-corrected chi connectivity index (χ2v) is 4.15. The maximum atomic E-state index is 11.1. The zero-order chi connectivity index (χ0) is 13.0. The molecule has 1 aromatic heterocycles. The van der Waals surface area contributed by atoms with Gasteiger partial charge in [-0.15, -0.1) is 0 Å². The van der Waals surface area contributed by atoms with Gasteiger partial charge in [-0.1, -0.05) is 31.2 Å². The first-order valence-electron chi connectivity index (χ1n) is 5.95. The van der Waals surface area contributed by atoms with Gasteiger partial charge in [-0.3, -0.25) is 4.98 Å². The maximum Gasteiger partial charge on any atom is 0.335 e. The van der Waals surface area contributed by atoms with Crippen molar-refractivity contribution >= 4 is 5.97 Å². The van der Waals surface area contributed by atoms with E-state index in [9.17, 15) is 4.79 Å². The van der Waals surface area contributed by atoms with Crippen molar-refractivity contribution in [1.82, 2.24) is 4.98 Å². The van der Waals surface area contributed by atoms with Crippen LogP contribution in [0.25, 0.3) is 0 Å². The summed E-state index contributed by atoms with van der Waals surface area (Å²) in [6.45, 7) is 2.08. The van der Waals surface area contributed by atoms with Crippen LogP contribution in [0.1, 0.15) is 34.1 Å². The number of carboxylic acids is 1. The van der Waals surface area contributed by atoms with Gasteiger partial charge in [-0.05, 0) is 29.7 Å². The molecule has 3 nitrogen and oxygen atoms in total. The zero-order valence-electron chi connectivity index (χ0n) is 10.3. The monoisotopic (exact) mass is 241 g/mol. The van der Waals surface area contributed by atoms with Crippen LogP contribution in [0.3, 0.4) is 0 Å². The predicted molar refractivity (Wildman–Crippen MR) is 69.8 cm³/mol. The van der Waals surface area contributed by atoms with Gasteiger partial charge < -0.3 is 5.11 Å². The summed E-state index contributed by atoms with van der Waals surface area (Å²) in [5.41, 5.74) is 3.21. The molecule has 0 aliphatic carbocycles. The van der Waals surface area contributed by atoms with E-state index < -0.39 is 5.97 Å². The molecule has 92 valence electrons. The average Bonchev–Trinajstić information content (AvgIpc) is 2.40. The lowest BCUT2D eigenvalue weighted by Gasteiger charge is -2.06. The van der Waals surface area contributed by atoms with Gasteiger partial charge in [0.25, 0.3) is 0 Å². The average molecular weight is 241 g/mol. The van der Waals surface area contributed by atoms with Crippen molar-refractivity contribution in [3.8, 4) is 0 Å². The van der Waals surface area contributed by atoms with Crippen LogP contribution in [0.15, 0.2) is 42.6 Å². The Balaban J connectivity index is 2.25. The second-order valence-electron chi connectivity index (χ2n) is 4.15. The number of nitrogens with zero attached hydrogens (tertiary/aromatic N) is 1. The first-order chi connectivity index (χ1) is 8.70. The number of rotatable bonds is 4. The molecule has 1 N–H and O–H groups in total. The van der Waals surface area contributed by atoms with Crippen molar-refractivity contribution in [2.75, 3.05) is 0 Å². The van der Waals surface area contributed by atoms with E-state index in [1.807, 2.05) is 30.5 Å². The number of carbonyl (C=O) groups is 1. The van der Waals surface area contributed by atoms with Crippen LogP contribution in [0.5, 0.6) is 0 Å². The topological polar surface area (TPSA) is 50.2 Å². The normalized spacial score (nSPS) is 10.3. The molecule has 0 unspecified atom stereocenters. The third-order valence-corrected chi connectivity index (χ3v) is 2.91. The minimum absolute atomic E-state index is 0.346. The third kappa shape index (κ3) is 2.74. The predicted octanol–water partition coefficient (Wildman–Crippen LogP) is 2.93. The van der Waals surface area contributed by atoms with Crippen LogP contribution in [0.2, 0.25) is 0 Å². The van der Waals surface area contributed by atoms with E-state index in [4.69, 9.17) is 5.11 Å². The van der Waals surface area contributed by atoms with Crippen molar-refractivity contribution in [2.24, 2.45) is 0 Å². The fourth-order valence-corrected chi connectivity index (χ4v) is 1.85. The fraction of sp³-hybridized carbons (Fsp3) is 0.200. The smallest absolute Gasteiger partial charge is 0.335 e. The van der Waals surface area contributed by atoms with Crippen LogP contribution >= 0.6 is 0 Å². The molecule has 1 aromatic carbocycles. The van der Waals surface area contributed by atoms with Gasteiger partial charge in [0, 0.05) is 18.3 Å². The Bertz CT molecular complexity index is 547. The molecule has 0 fully saturated rings. The van der Waals surface area contributed by atoms with Gasteiger partial charge >= 0.3 is 5.97 Å². The summed E-state index contributed by atoms with van der Waals surface area (Å²) in [6.07, 6.45) is 3.35. The van der Waals surface area contributed by atoms with E-state index in [0.717, 1.165) is 17.7 Å². The number of carboxylic acid groups (broad SMARTS) is 1. The Labute approximate surface area is 106 Å². The number of benzene rings is 1. The summed E-state index contributed by atoms with van der Waals surface area (Å²) in [5, 5.41) is 9.11. The highest BCUT2D eigenvalue weighted by atomic mass is 16.4. The molecule has 0 spiro atoms. The van der Waals surface area contributed by atoms with Crippen molar-refractivity contribution in [2.45, 2.75) is 19.8 Å². The number of aryl methyl sites for hydroxylation is 1. The van der Waals surface area contributed by atoms with Crippen LogP contribution in [-0.2, 0) is 12.8 Å². The largest absolute Gasteiger partial charge is 0.478 e. The van der Waals surface area contributed by atoms with Gasteiger partial charge in [0.15, 0.2) is 0 Å². The molecule has 0 saturated heterocycles. The van der Waals surface area contributed by atoms with Gasteiger partial charge in [-0.2, -0.15) is 0 Å². The Morgan fingerprint density at radius 1 is 1.22 bits per heavy atom. The summed E-state index contributed by atoms with van der Waals surface area (Å²) in [5.74, 6) is -0.893. The molecule has 3 heteroatoms. The lowest BCUT2D eigenvalue weighted by molar-refractivity contribution is 0.0696. The number of hydrogen-bond donors (Lipinski definition) is 1. The van der Waals surface area contributed by atoms with Crippen LogP contribution in [0, 0.1) is 0 Å². The Kier molecular flexibility index (Phi) is 3.72. The van der Waals surface area contributed by atoms with Crippen molar-refractivity contribution in [3.63, 3.8) is 0 Å². The molecule has 0 radical (unpaired) electrons. The first kappa shape index (κ1) is 12.3. The zero-order valence-corrected chi connectivity index (χ0v) is 10.3. The van der Waals surface area contributed by atoms with Crippen LogP contribution in [-0.4, -0.2) is 16.1 Å². The van der Waals surface area contributed by atoms with E-state index in [1.54, 1.807) is 12.1 Å². The summed E-state index contributed by atoms with van der Waals surface area (Å²) < 4.78 is 0. The Hall–Kier alpha value is -2.16. The van der Waals surface area contributed by atoms with Gasteiger partial charge in [0.05, 0.1) is 5.56 Å². The highest BCUT2D eigenvalue weighted by molar-refractivity contribution is 5.89. The lowest BCUT2D eigenvalue weighted by Crippen LogP contribution is -2.03. The van der Waals surface area contributed by atoms with Gasteiger partial charge in [0.2, 0.25) is 0 Å². The number of aromatic carboxylic acids is 1. The van der Waals surface area contributed by atoms with Crippen LogP contribution < -0.4 is 0 Å². The summed E-state index contributed by atoms with van der Waals surface area (Å²) >= 11 is 0. The standard InChI is InChI=1S/C15H15NO2/c1-2-11-7-8-13(16-10-11)9-12-5-3-4-6-14(12)15(17)18/h3-8,10H,2,9H2,1H3,(H,17,18). The maximum absolute atomic E-state index is 11.1. The molecule has 0 aliphatic heterocycles. The quantitative estimate of drug-likeness (QED) is 0.895. The molecule has 0 amide bonds. The Morgan fingerprint density at radius 3 is 2.61 bits per heavy atom. The minimum Gasteiger partial charge on any atom is -0.478 e. The highest BCUT2D eigenvalue weighted by Gasteiger charge is 2.09. The Morgan fingerprint density at radius 2 is 2.00 bits per heavy atom. The first-order valence-corrected chi connectivity index (χ1v) is 5.95. The molecular formula is C15H15NO2. The lowest BCUT2D eigenvalue weighted by atomic mass is 10.0. The van der Waals surface area contributed by atoms with Gasteiger partial charge in [-0.25, -0.2) is 4.79 Å². The summed E-state index contributed by atoms with van der Waals surface area (Å²) in [4.78, 5) is 15.4. The van der Waals surface area contributed by atoms with E-state index >= 15 is 0 Å². The second kappa shape index (κ2) is 5.45. The minimum atomic E-state index is -0.893. The van der Waals surface area contributed by atoms with Crippen molar-refractivity contribution in [1.29, 1.82) is 0 Å². The highest BCUT2D eigenvalue weighted by Crippen LogP contribution is 2.13.